The Kier molecular flexibility index (Phi) is 4.37. The fraction of sp³-hybridized carbons (Fsp3) is 0.222. The van der Waals surface area contributed by atoms with Crippen LogP contribution in [0, 0.1) is 6.92 Å². The van der Waals surface area contributed by atoms with Gasteiger partial charge in [0.25, 0.3) is 0 Å². The van der Waals surface area contributed by atoms with E-state index in [1.54, 1.807) is 6.20 Å². The first-order chi connectivity index (χ1) is 11.5. The van der Waals surface area contributed by atoms with Gasteiger partial charge in [0.2, 0.25) is 11.9 Å². The zero-order chi connectivity index (χ0) is 17.1. The number of hydrogen-bond donors (Lipinski definition) is 1. The molecule has 2 aromatic heterocycles. The van der Waals surface area contributed by atoms with E-state index in [9.17, 15) is 0 Å². The zero-order valence-electron chi connectivity index (χ0n) is 14.0. The number of aromatic nitrogens is 4. The van der Waals surface area contributed by atoms with Crippen molar-refractivity contribution in [3.63, 3.8) is 0 Å². The lowest BCUT2D eigenvalue weighted by Crippen LogP contribution is -2.28. The average Bonchev–Trinajstić information content (AvgIpc) is 2.55. The predicted octanol–water partition coefficient (Wildman–Crippen LogP) is 3.37. The van der Waals surface area contributed by atoms with Gasteiger partial charge >= 0.3 is 0 Å². The molecule has 0 unspecified atom stereocenters. The molecular formula is C18H20N6. The third-order valence-corrected chi connectivity index (χ3v) is 3.56. The van der Waals surface area contributed by atoms with Crippen LogP contribution in [0.2, 0.25) is 0 Å². The highest BCUT2D eigenvalue weighted by Crippen LogP contribution is 2.27. The molecule has 3 rings (SSSR count). The molecule has 122 valence electrons. The Balaban J connectivity index is 2.10. The number of anilines is 3. The molecule has 3 aromatic rings. The first-order valence-electron chi connectivity index (χ1n) is 7.83. The summed E-state index contributed by atoms with van der Waals surface area (Å²) in [5.74, 6) is 1.30. The Bertz CT molecular complexity index is 832. The van der Waals surface area contributed by atoms with E-state index >= 15 is 0 Å². The van der Waals surface area contributed by atoms with Crippen LogP contribution >= 0.6 is 0 Å². The minimum atomic E-state index is 0.150. The molecule has 0 atom stereocenters. The molecule has 0 amide bonds. The fourth-order valence-electron chi connectivity index (χ4n) is 2.53. The van der Waals surface area contributed by atoms with E-state index in [1.165, 1.54) is 0 Å². The molecule has 1 aromatic carbocycles. The maximum Gasteiger partial charge on any atom is 0.235 e. The van der Waals surface area contributed by atoms with Gasteiger partial charge in [0.05, 0.1) is 0 Å². The number of pyridine rings is 1. The number of nitrogens with two attached hydrogens (primary N) is 1. The SMILES string of the molecule is Cc1cc(N(c2nc(N)nc(-c3ccccc3)n2)C(C)C)ccn1. The molecule has 0 aliphatic heterocycles. The predicted molar refractivity (Wildman–Crippen MR) is 95.9 cm³/mol. The van der Waals surface area contributed by atoms with E-state index in [2.05, 4.69) is 33.8 Å². The van der Waals surface area contributed by atoms with Crippen LogP contribution in [0.15, 0.2) is 48.7 Å². The van der Waals surface area contributed by atoms with E-state index < -0.39 is 0 Å². The third kappa shape index (κ3) is 3.32. The van der Waals surface area contributed by atoms with Crippen LogP contribution in [0.1, 0.15) is 19.5 Å². The Morgan fingerprint density at radius 2 is 1.75 bits per heavy atom. The lowest BCUT2D eigenvalue weighted by molar-refractivity contribution is 0.759. The molecule has 0 spiro atoms. The molecule has 0 radical (unpaired) electrons. The third-order valence-electron chi connectivity index (χ3n) is 3.56. The van der Waals surface area contributed by atoms with Crippen LogP contribution in [-0.2, 0) is 0 Å². The van der Waals surface area contributed by atoms with Crippen molar-refractivity contribution in [3.05, 3.63) is 54.4 Å². The molecule has 6 nitrogen and oxygen atoms in total. The van der Waals surface area contributed by atoms with Crippen molar-refractivity contribution >= 4 is 17.6 Å². The van der Waals surface area contributed by atoms with Gasteiger partial charge in [0.1, 0.15) is 0 Å². The largest absolute Gasteiger partial charge is 0.368 e. The van der Waals surface area contributed by atoms with E-state index in [0.717, 1.165) is 16.9 Å². The molecule has 2 heterocycles. The molecule has 0 saturated carbocycles. The van der Waals surface area contributed by atoms with Crippen molar-refractivity contribution < 1.29 is 0 Å². The van der Waals surface area contributed by atoms with Crippen molar-refractivity contribution in [3.8, 4) is 11.4 Å². The maximum absolute atomic E-state index is 5.94. The van der Waals surface area contributed by atoms with Crippen LogP contribution in [0.4, 0.5) is 17.6 Å². The van der Waals surface area contributed by atoms with Crippen molar-refractivity contribution in [2.45, 2.75) is 26.8 Å². The van der Waals surface area contributed by atoms with E-state index in [1.807, 2.05) is 54.3 Å². The minimum absolute atomic E-state index is 0.150. The second-order valence-corrected chi connectivity index (χ2v) is 5.80. The number of nitrogen functional groups attached to an aromatic ring is 1. The fourth-order valence-corrected chi connectivity index (χ4v) is 2.53. The van der Waals surface area contributed by atoms with Crippen molar-refractivity contribution in [2.24, 2.45) is 0 Å². The summed E-state index contributed by atoms with van der Waals surface area (Å²) in [5, 5.41) is 0. The Morgan fingerprint density at radius 3 is 2.42 bits per heavy atom. The van der Waals surface area contributed by atoms with Crippen LogP contribution < -0.4 is 10.6 Å². The van der Waals surface area contributed by atoms with Gasteiger partial charge in [0.15, 0.2) is 5.82 Å². The Morgan fingerprint density at radius 1 is 1.00 bits per heavy atom. The van der Waals surface area contributed by atoms with Crippen molar-refractivity contribution in [2.75, 3.05) is 10.6 Å². The van der Waals surface area contributed by atoms with Crippen molar-refractivity contribution in [1.29, 1.82) is 0 Å². The highest BCUT2D eigenvalue weighted by Gasteiger charge is 2.18. The number of rotatable bonds is 4. The molecule has 0 fully saturated rings. The van der Waals surface area contributed by atoms with Gasteiger partial charge in [-0.05, 0) is 32.9 Å². The standard InChI is InChI=1S/C18H20N6/c1-12(2)24(15-9-10-20-13(3)11-15)18-22-16(21-17(19)23-18)14-7-5-4-6-8-14/h4-12H,1-3H3,(H2,19,21,22,23). The summed E-state index contributed by atoms with van der Waals surface area (Å²) in [6, 6.07) is 13.8. The summed E-state index contributed by atoms with van der Waals surface area (Å²) in [6.45, 7) is 6.12. The molecule has 24 heavy (non-hydrogen) atoms. The Hall–Kier alpha value is -3.02. The monoisotopic (exact) mass is 320 g/mol. The molecular weight excluding hydrogens is 300 g/mol. The van der Waals surface area contributed by atoms with Crippen LogP contribution in [0.25, 0.3) is 11.4 Å². The topological polar surface area (TPSA) is 80.8 Å². The molecule has 0 saturated heterocycles. The van der Waals surface area contributed by atoms with Gasteiger partial charge in [-0.2, -0.15) is 15.0 Å². The number of nitrogens with zero attached hydrogens (tertiary/aromatic N) is 5. The molecule has 2 N–H and O–H groups in total. The maximum atomic E-state index is 5.94. The van der Waals surface area contributed by atoms with Crippen LogP contribution in [-0.4, -0.2) is 26.0 Å². The number of benzene rings is 1. The summed E-state index contributed by atoms with van der Waals surface area (Å²) in [6.07, 6.45) is 1.78. The second kappa shape index (κ2) is 6.62. The summed E-state index contributed by atoms with van der Waals surface area (Å²) >= 11 is 0. The van der Waals surface area contributed by atoms with E-state index in [0.29, 0.717) is 11.8 Å². The van der Waals surface area contributed by atoms with Gasteiger partial charge in [-0.1, -0.05) is 30.3 Å². The van der Waals surface area contributed by atoms with Crippen molar-refractivity contribution in [1.82, 2.24) is 19.9 Å². The highest BCUT2D eigenvalue weighted by molar-refractivity contribution is 5.63. The lowest BCUT2D eigenvalue weighted by Gasteiger charge is -2.27. The summed E-state index contributed by atoms with van der Waals surface area (Å²) in [7, 11) is 0. The quantitative estimate of drug-likeness (QED) is 0.794. The van der Waals surface area contributed by atoms with Gasteiger partial charge in [-0.3, -0.25) is 4.98 Å². The second-order valence-electron chi connectivity index (χ2n) is 5.80. The highest BCUT2D eigenvalue weighted by atomic mass is 15.3. The first-order valence-corrected chi connectivity index (χ1v) is 7.83. The molecule has 0 bridgehead atoms. The summed E-state index contributed by atoms with van der Waals surface area (Å²) in [4.78, 5) is 19.5. The van der Waals surface area contributed by atoms with Crippen LogP contribution in [0.5, 0.6) is 0 Å². The van der Waals surface area contributed by atoms with Gasteiger partial charge in [-0.25, -0.2) is 0 Å². The normalized spacial score (nSPS) is 10.8. The van der Waals surface area contributed by atoms with Crippen LogP contribution in [0.3, 0.4) is 0 Å². The summed E-state index contributed by atoms with van der Waals surface area (Å²) in [5.41, 5.74) is 8.75. The van der Waals surface area contributed by atoms with E-state index in [-0.39, 0.29) is 12.0 Å². The smallest absolute Gasteiger partial charge is 0.235 e. The number of hydrogen-bond acceptors (Lipinski definition) is 6. The molecule has 6 heteroatoms. The summed E-state index contributed by atoms with van der Waals surface area (Å²) < 4.78 is 0. The van der Waals surface area contributed by atoms with Gasteiger partial charge < -0.3 is 10.6 Å². The Labute approximate surface area is 141 Å². The molecule has 0 aliphatic carbocycles. The number of aryl methyl sites for hydroxylation is 1. The first kappa shape index (κ1) is 15.9. The minimum Gasteiger partial charge on any atom is -0.368 e. The van der Waals surface area contributed by atoms with Gasteiger partial charge in [0, 0.05) is 29.2 Å². The lowest BCUT2D eigenvalue weighted by atomic mass is 10.2. The zero-order valence-corrected chi connectivity index (χ0v) is 14.0. The van der Waals surface area contributed by atoms with Gasteiger partial charge in [-0.15, -0.1) is 0 Å². The van der Waals surface area contributed by atoms with E-state index in [4.69, 9.17) is 5.73 Å². The average molecular weight is 320 g/mol. The molecule has 0 aliphatic rings.